The van der Waals surface area contributed by atoms with E-state index in [-0.39, 0.29) is 6.10 Å². The van der Waals surface area contributed by atoms with Crippen molar-refractivity contribution in [2.75, 3.05) is 13.1 Å². The highest BCUT2D eigenvalue weighted by Crippen LogP contribution is 2.28. The number of nitrogens with one attached hydrogen (secondary N) is 2. The van der Waals surface area contributed by atoms with E-state index < -0.39 is 0 Å². The number of H-pyrrole nitrogens is 1. The van der Waals surface area contributed by atoms with E-state index in [1.807, 2.05) is 32.2 Å². The van der Waals surface area contributed by atoms with Gasteiger partial charge in [-0.2, -0.15) is 0 Å². The predicted molar refractivity (Wildman–Crippen MR) is 77.3 cm³/mol. The molecule has 2 aromatic rings. The zero-order chi connectivity index (χ0) is 13.2. The van der Waals surface area contributed by atoms with Crippen molar-refractivity contribution in [1.29, 1.82) is 0 Å². The number of aromatic nitrogens is 2. The van der Waals surface area contributed by atoms with Gasteiger partial charge in [0.05, 0.1) is 17.1 Å². The van der Waals surface area contributed by atoms with Crippen molar-refractivity contribution in [3.05, 3.63) is 30.0 Å². The van der Waals surface area contributed by atoms with Crippen molar-refractivity contribution in [3.63, 3.8) is 0 Å². The lowest BCUT2D eigenvalue weighted by molar-refractivity contribution is 0.233. The Morgan fingerprint density at radius 3 is 2.95 bits per heavy atom. The molecule has 0 saturated heterocycles. The van der Waals surface area contributed by atoms with Crippen LogP contribution in [-0.2, 0) is 0 Å². The molecule has 0 fully saturated rings. The SMILES string of the molecule is CC(C)Oc1ccc2[nH]cc(C3=CCNCC3)c2n1. The summed E-state index contributed by atoms with van der Waals surface area (Å²) in [5.74, 6) is 0.692. The molecule has 19 heavy (non-hydrogen) atoms. The smallest absolute Gasteiger partial charge is 0.214 e. The van der Waals surface area contributed by atoms with E-state index in [0.717, 1.165) is 30.5 Å². The van der Waals surface area contributed by atoms with Crippen LogP contribution in [0.25, 0.3) is 16.6 Å². The highest BCUT2D eigenvalue weighted by Gasteiger charge is 2.13. The zero-order valence-electron chi connectivity index (χ0n) is 11.4. The lowest BCUT2D eigenvalue weighted by Crippen LogP contribution is -2.19. The van der Waals surface area contributed by atoms with E-state index >= 15 is 0 Å². The van der Waals surface area contributed by atoms with Gasteiger partial charge in [-0.05, 0) is 38.5 Å². The molecule has 1 aliphatic rings. The maximum Gasteiger partial charge on any atom is 0.214 e. The van der Waals surface area contributed by atoms with E-state index in [1.165, 1.54) is 11.1 Å². The van der Waals surface area contributed by atoms with Crippen LogP contribution in [0.4, 0.5) is 0 Å². The van der Waals surface area contributed by atoms with Crippen LogP contribution in [0.2, 0.25) is 0 Å². The molecule has 0 saturated carbocycles. The molecule has 0 spiro atoms. The van der Waals surface area contributed by atoms with Gasteiger partial charge in [0.1, 0.15) is 0 Å². The zero-order valence-corrected chi connectivity index (χ0v) is 11.4. The van der Waals surface area contributed by atoms with Crippen LogP contribution in [0.3, 0.4) is 0 Å². The monoisotopic (exact) mass is 257 g/mol. The van der Waals surface area contributed by atoms with Crippen molar-refractivity contribution < 1.29 is 4.74 Å². The third kappa shape index (κ3) is 2.49. The van der Waals surface area contributed by atoms with Gasteiger partial charge in [0.25, 0.3) is 0 Å². The molecule has 4 heteroatoms. The average Bonchev–Trinajstić information content (AvgIpc) is 2.82. The van der Waals surface area contributed by atoms with Crippen LogP contribution in [-0.4, -0.2) is 29.2 Å². The number of aromatic amines is 1. The molecule has 0 amide bonds. The number of ether oxygens (including phenoxy) is 1. The molecular weight excluding hydrogens is 238 g/mol. The third-order valence-corrected chi connectivity index (χ3v) is 3.26. The summed E-state index contributed by atoms with van der Waals surface area (Å²) in [6.45, 7) is 5.99. The maximum absolute atomic E-state index is 5.68. The summed E-state index contributed by atoms with van der Waals surface area (Å²) in [4.78, 5) is 7.92. The molecule has 1 aliphatic heterocycles. The molecule has 0 unspecified atom stereocenters. The number of nitrogens with zero attached hydrogens (tertiary/aromatic N) is 1. The van der Waals surface area contributed by atoms with Crippen LogP contribution in [0.15, 0.2) is 24.4 Å². The second-order valence-electron chi connectivity index (χ2n) is 5.10. The Bertz CT molecular complexity index is 613. The van der Waals surface area contributed by atoms with Gasteiger partial charge >= 0.3 is 0 Å². The van der Waals surface area contributed by atoms with Gasteiger partial charge in [-0.25, -0.2) is 4.98 Å². The number of fused-ring (bicyclic) bond motifs is 1. The lowest BCUT2D eigenvalue weighted by atomic mass is 10.0. The Labute approximate surface area is 112 Å². The third-order valence-electron chi connectivity index (χ3n) is 3.26. The fraction of sp³-hybridized carbons (Fsp3) is 0.400. The van der Waals surface area contributed by atoms with Gasteiger partial charge in [0.2, 0.25) is 5.88 Å². The fourth-order valence-electron chi connectivity index (χ4n) is 2.40. The van der Waals surface area contributed by atoms with Gasteiger partial charge in [-0.1, -0.05) is 6.08 Å². The van der Waals surface area contributed by atoms with Gasteiger partial charge < -0.3 is 15.0 Å². The minimum Gasteiger partial charge on any atom is -0.475 e. The van der Waals surface area contributed by atoms with Crippen LogP contribution >= 0.6 is 0 Å². The van der Waals surface area contributed by atoms with E-state index in [1.54, 1.807) is 0 Å². The first-order valence-electron chi connectivity index (χ1n) is 6.79. The summed E-state index contributed by atoms with van der Waals surface area (Å²) in [7, 11) is 0. The number of pyridine rings is 1. The minimum atomic E-state index is 0.144. The van der Waals surface area contributed by atoms with Crippen molar-refractivity contribution in [3.8, 4) is 5.88 Å². The Balaban J connectivity index is 2.02. The summed E-state index contributed by atoms with van der Waals surface area (Å²) in [6.07, 6.45) is 5.48. The summed E-state index contributed by atoms with van der Waals surface area (Å²) in [5.41, 5.74) is 4.63. The predicted octanol–water partition coefficient (Wildman–Crippen LogP) is 2.73. The van der Waals surface area contributed by atoms with E-state index in [9.17, 15) is 0 Å². The topological polar surface area (TPSA) is 49.9 Å². The van der Waals surface area contributed by atoms with E-state index in [2.05, 4.69) is 21.4 Å². The Hall–Kier alpha value is -1.81. The molecule has 0 radical (unpaired) electrons. The van der Waals surface area contributed by atoms with Crippen molar-refractivity contribution >= 4 is 16.6 Å². The van der Waals surface area contributed by atoms with Gasteiger partial charge in [0, 0.05) is 24.4 Å². The van der Waals surface area contributed by atoms with Gasteiger partial charge in [-0.3, -0.25) is 0 Å². The molecule has 3 rings (SSSR count). The van der Waals surface area contributed by atoms with Crippen LogP contribution in [0.1, 0.15) is 25.8 Å². The van der Waals surface area contributed by atoms with E-state index in [0.29, 0.717) is 5.88 Å². The summed E-state index contributed by atoms with van der Waals surface area (Å²) in [6, 6.07) is 3.95. The second-order valence-corrected chi connectivity index (χ2v) is 5.10. The number of hydrogen-bond acceptors (Lipinski definition) is 3. The molecule has 3 heterocycles. The summed E-state index contributed by atoms with van der Waals surface area (Å²) in [5, 5.41) is 3.33. The molecule has 100 valence electrons. The standard InChI is InChI=1S/C15H19N3O/c1-10(2)19-14-4-3-13-15(18-14)12(9-17-13)11-5-7-16-8-6-11/h3-5,9-10,16-17H,6-8H2,1-2H3. The van der Waals surface area contributed by atoms with Crippen LogP contribution in [0, 0.1) is 0 Å². The normalized spacial score (nSPS) is 15.8. The first-order chi connectivity index (χ1) is 9.24. The Morgan fingerprint density at radius 1 is 1.32 bits per heavy atom. The maximum atomic E-state index is 5.68. The molecule has 0 aliphatic carbocycles. The highest BCUT2D eigenvalue weighted by atomic mass is 16.5. The molecule has 4 nitrogen and oxygen atoms in total. The van der Waals surface area contributed by atoms with Crippen molar-refractivity contribution in [1.82, 2.24) is 15.3 Å². The van der Waals surface area contributed by atoms with Crippen molar-refractivity contribution in [2.45, 2.75) is 26.4 Å². The fourth-order valence-corrected chi connectivity index (χ4v) is 2.40. The Kier molecular flexibility index (Phi) is 3.25. The second kappa shape index (κ2) is 5.05. The molecule has 0 atom stereocenters. The van der Waals surface area contributed by atoms with E-state index in [4.69, 9.17) is 4.74 Å². The molecule has 0 bridgehead atoms. The summed E-state index contributed by atoms with van der Waals surface area (Å²) < 4.78 is 5.68. The number of hydrogen-bond donors (Lipinski definition) is 2. The highest BCUT2D eigenvalue weighted by molar-refractivity contribution is 5.90. The summed E-state index contributed by atoms with van der Waals surface area (Å²) >= 11 is 0. The van der Waals surface area contributed by atoms with Crippen molar-refractivity contribution in [2.24, 2.45) is 0 Å². The lowest BCUT2D eigenvalue weighted by Gasteiger charge is -2.13. The molecule has 2 aromatic heterocycles. The molecule has 0 aromatic carbocycles. The van der Waals surface area contributed by atoms with Crippen LogP contribution in [0.5, 0.6) is 5.88 Å². The Morgan fingerprint density at radius 2 is 2.21 bits per heavy atom. The van der Waals surface area contributed by atoms with Gasteiger partial charge in [-0.15, -0.1) is 0 Å². The molecule has 2 N–H and O–H groups in total. The first kappa shape index (κ1) is 12.2. The number of rotatable bonds is 3. The average molecular weight is 257 g/mol. The first-order valence-corrected chi connectivity index (χ1v) is 6.79. The van der Waals surface area contributed by atoms with Crippen LogP contribution < -0.4 is 10.1 Å². The van der Waals surface area contributed by atoms with Gasteiger partial charge in [0.15, 0.2) is 0 Å². The quantitative estimate of drug-likeness (QED) is 0.889. The largest absolute Gasteiger partial charge is 0.475 e. The molecular formula is C15H19N3O. The minimum absolute atomic E-state index is 0.144.